The smallest absolute Gasteiger partial charge is 0.197 e. The highest BCUT2D eigenvalue weighted by atomic mass is 79.9. The minimum absolute atomic E-state index is 0.0661. The average molecular weight is 622 g/mol. The molecular weight excluding hydrogens is 591 g/mol. The van der Waals surface area contributed by atoms with Crippen LogP contribution in [0.4, 0.5) is 4.39 Å². The van der Waals surface area contributed by atoms with Gasteiger partial charge >= 0.3 is 0 Å². The number of hydrogen-bond acceptors (Lipinski definition) is 7. The molecular formula is C27H30BrFN2O5SSi. The maximum Gasteiger partial charge on any atom is 0.197 e. The van der Waals surface area contributed by atoms with Gasteiger partial charge in [-0.3, -0.25) is 9.36 Å². The number of ether oxygens (including phenoxy) is 3. The minimum Gasteiger partial charge on any atom is -0.493 e. The number of carbonyl (C=O) groups excluding carboxylic acids is 1. The van der Waals surface area contributed by atoms with Gasteiger partial charge in [-0.05, 0) is 46.2 Å². The van der Waals surface area contributed by atoms with E-state index in [-0.39, 0.29) is 23.8 Å². The summed E-state index contributed by atoms with van der Waals surface area (Å²) < 4.78 is 33.6. The first-order valence-corrected chi connectivity index (χ1v) is 17.4. The van der Waals surface area contributed by atoms with Crippen molar-refractivity contribution in [3.8, 4) is 22.9 Å². The van der Waals surface area contributed by atoms with E-state index < -0.39 is 20.0 Å². The SMILES string of the molecule is COc1ccc(C(=O)C(O)c2c(Br)nc(-c3csc4c(F)cccc34)n2COCC[Si](C)(C)C)cc1OC. The molecule has 0 aliphatic rings. The molecule has 0 bridgehead atoms. The molecule has 2 aromatic carbocycles. The van der Waals surface area contributed by atoms with Gasteiger partial charge in [0.05, 0.1) is 24.6 Å². The predicted molar refractivity (Wildman–Crippen MR) is 154 cm³/mol. The van der Waals surface area contributed by atoms with Crippen molar-refractivity contribution in [2.75, 3.05) is 20.8 Å². The zero-order chi connectivity index (χ0) is 27.6. The molecule has 1 N–H and O–H groups in total. The second-order valence-corrected chi connectivity index (χ2v) is 17.2. The van der Waals surface area contributed by atoms with Gasteiger partial charge in [0, 0.05) is 36.6 Å². The van der Waals surface area contributed by atoms with Gasteiger partial charge < -0.3 is 19.3 Å². The highest BCUT2D eigenvalue weighted by molar-refractivity contribution is 9.10. The highest BCUT2D eigenvalue weighted by Crippen LogP contribution is 2.39. The zero-order valence-electron chi connectivity index (χ0n) is 21.9. The average Bonchev–Trinajstić information content (AvgIpc) is 3.46. The number of hydrogen-bond donors (Lipinski definition) is 1. The molecule has 0 aliphatic carbocycles. The largest absolute Gasteiger partial charge is 0.493 e. The van der Waals surface area contributed by atoms with Crippen LogP contribution in [0.3, 0.4) is 0 Å². The number of benzene rings is 2. The molecule has 4 rings (SSSR count). The van der Waals surface area contributed by atoms with Gasteiger partial charge in [-0.1, -0.05) is 31.8 Å². The topological polar surface area (TPSA) is 82.8 Å². The van der Waals surface area contributed by atoms with E-state index >= 15 is 0 Å². The molecule has 0 aliphatic heterocycles. The fourth-order valence-electron chi connectivity index (χ4n) is 4.03. The molecule has 7 nitrogen and oxygen atoms in total. The number of aliphatic hydroxyl groups excluding tert-OH is 1. The summed E-state index contributed by atoms with van der Waals surface area (Å²) in [6.45, 7) is 7.38. The van der Waals surface area contributed by atoms with Crippen molar-refractivity contribution >= 4 is 51.2 Å². The quantitative estimate of drug-likeness (QED) is 0.111. The molecule has 0 radical (unpaired) electrons. The third kappa shape index (κ3) is 5.86. The summed E-state index contributed by atoms with van der Waals surface area (Å²) in [5, 5.41) is 13.9. The number of halogens is 2. The molecule has 0 saturated carbocycles. The lowest BCUT2D eigenvalue weighted by Crippen LogP contribution is -2.23. The van der Waals surface area contributed by atoms with E-state index in [0.29, 0.717) is 44.2 Å². The van der Waals surface area contributed by atoms with E-state index in [9.17, 15) is 14.3 Å². The van der Waals surface area contributed by atoms with Crippen LogP contribution in [0.2, 0.25) is 25.7 Å². The Morgan fingerprint density at radius 3 is 2.61 bits per heavy atom. The molecule has 0 amide bonds. The Bertz CT molecular complexity index is 1470. The van der Waals surface area contributed by atoms with Crippen molar-refractivity contribution in [2.45, 2.75) is 38.5 Å². The predicted octanol–water partition coefficient (Wildman–Crippen LogP) is 6.91. The summed E-state index contributed by atoms with van der Waals surface area (Å²) in [6, 6.07) is 10.6. The maximum atomic E-state index is 14.4. The van der Waals surface area contributed by atoms with Crippen LogP contribution in [-0.2, 0) is 11.5 Å². The second-order valence-electron chi connectivity index (χ2n) is 9.99. The van der Waals surface area contributed by atoms with Gasteiger partial charge in [0.2, 0.25) is 0 Å². The fraction of sp³-hybridized carbons (Fsp3) is 0.333. The number of fused-ring (bicyclic) bond motifs is 1. The van der Waals surface area contributed by atoms with Crippen LogP contribution >= 0.6 is 27.3 Å². The molecule has 0 saturated heterocycles. The normalized spacial score (nSPS) is 12.6. The van der Waals surface area contributed by atoms with Crippen molar-refractivity contribution in [1.82, 2.24) is 9.55 Å². The lowest BCUT2D eigenvalue weighted by atomic mass is 10.0. The third-order valence-electron chi connectivity index (χ3n) is 6.15. The summed E-state index contributed by atoms with van der Waals surface area (Å²) in [4.78, 5) is 18.1. The molecule has 2 aromatic heterocycles. The zero-order valence-corrected chi connectivity index (χ0v) is 25.3. The van der Waals surface area contributed by atoms with E-state index in [0.717, 1.165) is 6.04 Å². The van der Waals surface area contributed by atoms with E-state index in [4.69, 9.17) is 14.2 Å². The molecule has 1 atom stereocenters. The summed E-state index contributed by atoms with van der Waals surface area (Å²) in [5.74, 6) is 0.462. The summed E-state index contributed by atoms with van der Waals surface area (Å²) >= 11 is 4.73. The van der Waals surface area contributed by atoms with Crippen molar-refractivity contribution in [3.05, 3.63) is 63.5 Å². The van der Waals surface area contributed by atoms with Crippen LogP contribution in [0.5, 0.6) is 11.5 Å². The van der Waals surface area contributed by atoms with E-state index in [2.05, 4.69) is 40.6 Å². The van der Waals surface area contributed by atoms with Crippen LogP contribution in [0.25, 0.3) is 21.5 Å². The van der Waals surface area contributed by atoms with Crippen molar-refractivity contribution in [1.29, 1.82) is 0 Å². The van der Waals surface area contributed by atoms with Crippen LogP contribution in [0, 0.1) is 5.82 Å². The van der Waals surface area contributed by atoms with Crippen molar-refractivity contribution in [3.63, 3.8) is 0 Å². The van der Waals surface area contributed by atoms with Crippen LogP contribution in [0.15, 0.2) is 46.4 Å². The Morgan fingerprint density at radius 1 is 1.18 bits per heavy atom. The first-order chi connectivity index (χ1) is 18.1. The van der Waals surface area contributed by atoms with E-state index in [1.165, 1.54) is 37.7 Å². The Kier molecular flexibility index (Phi) is 8.73. The number of thiophene rings is 1. The first-order valence-electron chi connectivity index (χ1n) is 12.0. The lowest BCUT2D eigenvalue weighted by molar-refractivity contribution is 0.0642. The number of nitrogens with zero attached hydrogens (tertiary/aromatic N) is 2. The standard InChI is InChI=1S/C27H30BrFN2O5SSi/c1-34-20-10-9-16(13-21(20)35-2)23(32)24(33)22-26(28)30-27(31(22)15-36-11-12-38(3,4)5)18-14-37-25-17(18)7-6-8-19(25)29/h6-10,13-14,24,33H,11-12,15H2,1-5H3. The molecule has 0 spiro atoms. The molecule has 11 heteroatoms. The number of rotatable bonds is 11. The van der Waals surface area contributed by atoms with Gasteiger partial charge in [0.15, 0.2) is 23.4 Å². The van der Waals surface area contributed by atoms with E-state index in [1.807, 2.05) is 11.4 Å². The minimum atomic E-state index is -1.55. The Morgan fingerprint density at radius 2 is 1.92 bits per heavy atom. The molecule has 202 valence electrons. The summed E-state index contributed by atoms with van der Waals surface area (Å²) in [5.41, 5.74) is 1.19. The lowest BCUT2D eigenvalue weighted by Gasteiger charge is -2.19. The van der Waals surface area contributed by atoms with Gasteiger partial charge in [-0.15, -0.1) is 11.3 Å². The Hall–Kier alpha value is -2.57. The Labute approximate surface area is 234 Å². The summed E-state index contributed by atoms with van der Waals surface area (Å²) in [6.07, 6.45) is -1.55. The first kappa shape index (κ1) is 28.4. The molecule has 4 aromatic rings. The van der Waals surface area contributed by atoms with Crippen LogP contribution in [0.1, 0.15) is 22.2 Å². The highest BCUT2D eigenvalue weighted by Gasteiger charge is 2.30. The molecule has 38 heavy (non-hydrogen) atoms. The van der Waals surface area contributed by atoms with Gasteiger partial charge in [-0.25, -0.2) is 9.37 Å². The van der Waals surface area contributed by atoms with Crippen LogP contribution < -0.4 is 9.47 Å². The number of methoxy groups -OCH3 is 2. The second kappa shape index (κ2) is 11.7. The number of aromatic nitrogens is 2. The van der Waals surface area contributed by atoms with Crippen LogP contribution in [-0.4, -0.2) is 49.3 Å². The van der Waals surface area contributed by atoms with Gasteiger partial charge in [0.1, 0.15) is 23.0 Å². The number of ketones is 1. The van der Waals surface area contributed by atoms with Crippen molar-refractivity contribution in [2.24, 2.45) is 0 Å². The monoisotopic (exact) mass is 620 g/mol. The number of aliphatic hydroxyl groups is 1. The third-order valence-corrected chi connectivity index (χ3v) is 9.44. The molecule has 1 unspecified atom stereocenters. The Balaban J connectivity index is 1.77. The van der Waals surface area contributed by atoms with E-state index in [1.54, 1.807) is 22.8 Å². The molecule has 0 fully saturated rings. The number of carbonyl (C=O) groups is 1. The summed E-state index contributed by atoms with van der Waals surface area (Å²) in [7, 11) is 1.65. The fourth-order valence-corrected chi connectivity index (χ4v) is 6.34. The van der Waals surface area contributed by atoms with Gasteiger partial charge in [-0.2, -0.15) is 0 Å². The molecule has 2 heterocycles. The van der Waals surface area contributed by atoms with Crippen molar-refractivity contribution < 1.29 is 28.5 Å². The maximum absolute atomic E-state index is 14.4. The number of imidazole rings is 1. The van der Waals surface area contributed by atoms with Gasteiger partial charge in [0.25, 0.3) is 0 Å². The number of Topliss-reactive ketones (excluding diaryl/α,β-unsaturated/α-hetero) is 1.